The average molecular weight is 626 g/mol. The molecule has 1 saturated carbocycles. The van der Waals surface area contributed by atoms with Crippen LogP contribution in [0.1, 0.15) is 12.8 Å². The Morgan fingerprint density at radius 1 is 0.837 bits per heavy atom. The zero-order chi connectivity index (χ0) is 31.7. The third-order valence-electron chi connectivity index (χ3n) is 8.59. The van der Waals surface area contributed by atoms with E-state index < -0.39 is 123 Å². The van der Waals surface area contributed by atoms with E-state index in [9.17, 15) is 35.4 Å². The summed E-state index contributed by atoms with van der Waals surface area (Å²) in [5.74, 6) is -0.712. The third-order valence-corrected chi connectivity index (χ3v) is 8.59. The zero-order valence-corrected chi connectivity index (χ0v) is 23.7. The fourth-order valence-electron chi connectivity index (χ4n) is 5.98. The van der Waals surface area contributed by atoms with Crippen LogP contribution in [-0.4, -0.2) is 167 Å². The molecule has 3 aliphatic heterocycles. The van der Waals surface area contributed by atoms with Gasteiger partial charge in [-0.05, 0) is 19.9 Å². The predicted molar refractivity (Wildman–Crippen MR) is 144 cm³/mol. The lowest BCUT2D eigenvalue weighted by Crippen LogP contribution is -2.70. The molecule has 0 radical (unpaired) electrons. The summed E-state index contributed by atoms with van der Waals surface area (Å²) >= 11 is 0. The molecule has 18 N–H and O–H groups in total. The van der Waals surface area contributed by atoms with E-state index >= 15 is 0 Å². The maximum atomic E-state index is 12.2. The number of amides is 1. The summed E-state index contributed by atoms with van der Waals surface area (Å²) in [6, 6.07) is -5.52. The van der Waals surface area contributed by atoms with Crippen LogP contribution in [0.4, 0.5) is 0 Å². The number of hydrogen-bond donors (Lipinski definition) is 13. The van der Waals surface area contributed by atoms with Crippen molar-refractivity contribution in [1.29, 1.82) is 0 Å². The van der Waals surface area contributed by atoms with Gasteiger partial charge in [-0.2, -0.15) is 0 Å². The number of nitrogens with two attached hydrogens (primary N) is 5. The van der Waals surface area contributed by atoms with Crippen molar-refractivity contribution >= 4 is 5.91 Å². The second-order valence-electron chi connectivity index (χ2n) is 11.6. The Kier molecular flexibility index (Phi) is 11.7. The smallest absolute Gasteiger partial charge is 0.238 e. The fourth-order valence-corrected chi connectivity index (χ4v) is 5.98. The van der Waals surface area contributed by atoms with Crippen molar-refractivity contribution in [2.45, 2.75) is 123 Å². The van der Waals surface area contributed by atoms with E-state index in [1.165, 1.54) is 7.05 Å². The number of likely N-dealkylation sites (N-methyl/N-ethyl adjacent to an activating group) is 1. The van der Waals surface area contributed by atoms with Crippen molar-refractivity contribution in [3.8, 4) is 0 Å². The highest BCUT2D eigenvalue weighted by Crippen LogP contribution is 2.35. The van der Waals surface area contributed by atoms with Crippen molar-refractivity contribution in [3.63, 3.8) is 0 Å². The van der Waals surface area contributed by atoms with Gasteiger partial charge >= 0.3 is 0 Å². The molecule has 0 aromatic heterocycles. The van der Waals surface area contributed by atoms with E-state index in [2.05, 4.69) is 10.6 Å². The van der Waals surface area contributed by atoms with Gasteiger partial charge in [-0.15, -0.1) is 0 Å². The van der Waals surface area contributed by atoms with E-state index in [0.717, 1.165) is 0 Å². The molecule has 0 bridgehead atoms. The number of ether oxygens (including phenoxy) is 5. The van der Waals surface area contributed by atoms with Crippen LogP contribution in [0.25, 0.3) is 0 Å². The molecule has 4 fully saturated rings. The van der Waals surface area contributed by atoms with Crippen LogP contribution in [0.2, 0.25) is 0 Å². The van der Waals surface area contributed by atoms with Crippen LogP contribution >= 0.6 is 0 Å². The Balaban J connectivity index is 1.42. The first-order valence-electron chi connectivity index (χ1n) is 14.3. The number of carbonyl (C=O) groups excluding carboxylic acids is 1. The van der Waals surface area contributed by atoms with E-state index in [0.29, 0.717) is 0 Å². The Hall–Kier alpha value is -1.21. The van der Waals surface area contributed by atoms with E-state index in [1.54, 1.807) is 0 Å². The number of nitrogens with one attached hydrogen (secondary N) is 2. The van der Waals surface area contributed by atoms with E-state index in [4.69, 9.17) is 52.4 Å². The molecule has 0 aromatic rings. The molecule has 0 aromatic carbocycles. The van der Waals surface area contributed by atoms with Crippen LogP contribution in [0.15, 0.2) is 0 Å². The minimum Gasteiger partial charge on any atom is -0.394 e. The monoisotopic (exact) mass is 625 g/mol. The largest absolute Gasteiger partial charge is 0.394 e. The molecule has 11 unspecified atom stereocenters. The molecule has 18 atom stereocenters. The van der Waals surface area contributed by atoms with Crippen LogP contribution in [0.3, 0.4) is 0 Å². The summed E-state index contributed by atoms with van der Waals surface area (Å²) in [5, 5.41) is 68.6. The van der Waals surface area contributed by atoms with Gasteiger partial charge in [0.1, 0.15) is 42.7 Å². The fraction of sp³-hybridized carbons (Fsp3) is 0.958. The van der Waals surface area contributed by atoms with Gasteiger partial charge < -0.3 is 93.6 Å². The number of hydrogen-bond acceptors (Lipinski definition) is 18. The van der Waals surface area contributed by atoms with Crippen LogP contribution < -0.4 is 39.3 Å². The van der Waals surface area contributed by atoms with Crippen LogP contribution in [0.5, 0.6) is 0 Å². The molecule has 19 heteroatoms. The summed E-state index contributed by atoms with van der Waals surface area (Å²) < 4.78 is 29.5. The van der Waals surface area contributed by atoms with Crippen molar-refractivity contribution < 1.29 is 59.1 Å². The first-order valence-corrected chi connectivity index (χ1v) is 14.3. The van der Waals surface area contributed by atoms with E-state index in [-0.39, 0.29) is 19.4 Å². The SMILES string of the molecule is CNC1C(O[C@H]2OC(CO)[C@@H](NC(=O)[C@H](N)CN)C(O)C2O)O[C@H]2CC(N)[C@@H](O[C@@H]3C(N)C[C@@H](N)C(O)C3O)OC2C1O. The van der Waals surface area contributed by atoms with Gasteiger partial charge in [-0.25, -0.2) is 0 Å². The first kappa shape index (κ1) is 34.7. The van der Waals surface area contributed by atoms with Crippen LogP contribution in [-0.2, 0) is 28.5 Å². The van der Waals surface area contributed by atoms with Gasteiger partial charge in [0.15, 0.2) is 18.9 Å². The summed E-state index contributed by atoms with van der Waals surface area (Å²) in [6.07, 6.45) is -14.9. The van der Waals surface area contributed by atoms with Gasteiger partial charge in [0, 0.05) is 18.6 Å². The molecule has 19 nitrogen and oxygen atoms in total. The minimum absolute atomic E-state index is 0.105. The lowest BCUT2D eigenvalue weighted by Gasteiger charge is -2.51. The highest BCUT2D eigenvalue weighted by Gasteiger charge is 2.54. The topological polar surface area (TPSA) is 339 Å². The molecule has 1 amide bonds. The number of carbonyl (C=O) groups is 1. The Bertz CT molecular complexity index is 926. The van der Waals surface area contributed by atoms with Gasteiger partial charge in [0.2, 0.25) is 5.91 Å². The molecular weight excluding hydrogens is 578 g/mol. The second kappa shape index (κ2) is 14.5. The van der Waals surface area contributed by atoms with Crippen molar-refractivity contribution in [1.82, 2.24) is 10.6 Å². The predicted octanol–water partition coefficient (Wildman–Crippen LogP) is -8.51. The molecule has 250 valence electrons. The van der Waals surface area contributed by atoms with E-state index in [1.807, 2.05) is 0 Å². The Labute approximate surface area is 247 Å². The van der Waals surface area contributed by atoms with Crippen molar-refractivity contribution in [2.75, 3.05) is 20.2 Å². The summed E-state index contributed by atoms with van der Waals surface area (Å²) in [4.78, 5) is 12.2. The lowest BCUT2D eigenvalue weighted by molar-refractivity contribution is -0.373. The third kappa shape index (κ3) is 7.13. The summed E-state index contributed by atoms with van der Waals surface area (Å²) in [7, 11) is 1.52. The number of rotatable bonds is 9. The standard InChI is InChI=1S/C24H47N7O12/c1-30-13-16(35)20-10(3-8(28)22(42-20)41-19-7(27)2-6(26)14(33)17(19)36)39-23(13)43-24-18(37)15(34)12(11(5-32)40-24)31-21(38)9(29)4-25/h6-20,22-24,30,32-37H,2-5,25-29H2,1H3,(H,31,38)/t6-,7?,8?,9-,10+,11?,12-,13?,14?,15?,16?,17?,18?,19-,20?,22+,23?,24-/m1/s1. The summed E-state index contributed by atoms with van der Waals surface area (Å²) in [5.41, 5.74) is 29.3. The Morgan fingerprint density at radius 2 is 1.53 bits per heavy atom. The molecule has 4 aliphatic rings. The second-order valence-corrected chi connectivity index (χ2v) is 11.6. The highest BCUT2D eigenvalue weighted by molar-refractivity contribution is 5.82. The van der Waals surface area contributed by atoms with Crippen molar-refractivity contribution in [3.05, 3.63) is 0 Å². The quantitative estimate of drug-likeness (QED) is 0.113. The lowest BCUT2D eigenvalue weighted by atomic mass is 9.84. The maximum absolute atomic E-state index is 12.2. The van der Waals surface area contributed by atoms with Gasteiger partial charge in [0.25, 0.3) is 0 Å². The summed E-state index contributed by atoms with van der Waals surface area (Å²) in [6.45, 7) is -0.830. The highest BCUT2D eigenvalue weighted by atomic mass is 16.8. The van der Waals surface area contributed by atoms with Gasteiger partial charge in [0.05, 0.1) is 43.0 Å². The molecule has 0 spiro atoms. The molecule has 4 rings (SSSR count). The van der Waals surface area contributed by atoms with Crippen LogP contribution in [0, 0.1) is 0 Å². The van der Waals surface area contributed by atoms with Crippen molar-refractivity contribution in [2.24, 2.45) is 28.7 Å². The van der Waals surface area contributed by atoms with Gasteiger partial charge in [-0.1, -0.05) is 0 Å². The molecule has 3 saturated heterocycles. The zero-order valence-electron chi connectivity index (χ0n) is 23.7. The first-order chi connectivity index (χ1) is 20.3. The minimum atomic E-state index is -1.71. The number of fused-ring (bicyclic) bond motifs is 1. The molecule has 43 heavy (non-hydrogen) atoms. The molecular formula is C24H47N7O12. The molecule has 3 heterocycles. The maximum Gasteiger partial charge on any atom is 0.238 e. The number of aliphatic hydroxyl groups is 6. The molecule has 1 aliphatic carbocycles. The Morgan fingerprint density at radius 3 is 2.16 bits per heavy atom. The number of aliphatic hydroxyl groups excluding tert-OH is 6. The normalized spacial score (nSPS) is 49.6. The van der Waals surface area contributed by atoms with Gasteiger partial charge in [-0.3, -0.25) is 4.79 Å². The average Bonchev–Trinajstić information content (AvgIpc) is 2.97.